The average Bonchev–Trinajstić information content (AvgIpc) is 2.35. The van der Waals surface area contributed by atoms with E-state index in [2.05, 4.69) is 0 Å². The lowest BCUT2D eigenvalue weighted by atomic mass is 10.2. The Labute approximate surface area is 120 Å². The van der Waals surface area contributed by atoms with Crippen LogP contribution in [0.5, 0.6) is 5.75 Å². The maximum absolute atomic E-state index is 11.6. The van der Waals surface area contributed by atoms with Crippen LogP contribution in [0.25, 0.3) is 6.08 Å². The summed E-state index contributed by atoms with van der Waals surface area (Å²) in [4.78, 5) is 22.7. The molecule has 2 aromatic rings. The fourth-order valence-corrected chi connectivity index (χ4v) is 1.76. The SMILES string of the molecule is Cc1cc(OC(=O)/C=C/c2cccc(Cl)c2)cc(=O)o1. The molecule has 0 saturated heterocycles. The Kier molecular flexibility index (Phi) is 4.38. The summed E-state index contributed by atoms with van der Waals surface area (Å²) in [5.41, 5.74) is 0.213. The van der Waals surface area contributed by atoms with E-state index in [0.29, 0.717) is 10.8 Å². The molecule has 0 spiro atoms. The lowest BCUT2D eigenvalue weighted by Gasteiger charge is -2.00. The van der Waals surface area contributed by atoms with E-state index in [1.54, 1.807) is 37.3 Å². The Morgan fingerprint density at radius 3 is 2.80 bits per heavy atom. The molecule has 0 aliphatic carbocycles. The van der Waals surface area contributed by atoms with Crippen LogP contribution in [0.1, 0.15) is 11.3 Å². The van der Waals surface area contributed by atoms with Crippen LogP contribution in [0.4, 0.5) is 0 Å². The molecule has 0 aliphatic rings. The van der Waals surface area contributed by atoms with Gasteiger partial charge in [-0.2, -0.15) is 0 Å². The van der Waals surface area contributed by atoms with Crippen LogP contribution in [0.15, 0.2) is 51.7 Å². The lowest BCUT2D eigenvalue weighted by molar-refractivity contribution is -0.128. The molecule has 4 nitrogen and oxygen atoms in total. The minimum atomic E-state index is -0.588. The Balaban J connectivity index is 2.07. The van der Waals surface area contributed by atoms with Crippen molar-refractivity contribution in [1.82, 2.24) is 0 Å². The van der Waals surface area contributed by atoms with Gasteiger partial charge in [0, 0.05) is 17.2 Å². The predicted octanol–water partition coefficient (Wildman–Crippen LogP) is 3.22. The molecule has 5 heteroatoms. The molecule has 0 fully saturated rings. The van der Waals surface area contributed by atoms with E-state index in [-0.39, 0.29) is 5.75 Å². The second-order valence-corrected chi connectivity index (χ2v) is 4.47. The summed E-state index contributed by atoms with van der Waals surface area (Å²) in [6.45, 7) is 1.60. The Hall–Kier alpha value is -2.33. The third-order valence-electron chi connectivity index (χ3n) is 2.35. The maximum Gasteiger partial charge on any atom is 0.339 e. The fourth-order valence-electron chi connectivity index (χ4n) is 1.56. The molecule has 2 rings (SSSR count). The number of hydrogen-bond donors (Lipinski definition) is 0. The quantitative estimate of drug-likeness (QED) is 0.643. The van der Waals surface area contributed by atoms with Gasteiger partial charge in [0.05, 0.1) is 6.07 Å². The van der Waals surface area contributed by atoms with E-state index in [1.165, 1.54) is 12.1 Å². The van der Waals surface area contributed by atoms with Gasteiger partial charge < -0.3 is 9.15 Å². The van der Waals surface area contributed by atoms with Crippen LogP contribution in [-0.2, 0) is 4.79 Å². The van der Waals surface area contributed by atoms with E-state index in [4.69, 9.17) is 20.8 Å². The zero-order valence-electron chi connectivity index (χ0n) is 10.6. The minimum Gasteiger partial charge on any atom is -0.428 e. The minimum absolute atomic E-state index is 0.152. The van der Waals surface area contributed by atoms with E-state index in [9.17, 15) is 9.59 Å². The molecule has 0 atom stereocenters. The summed E-state index contributed by atoms with van der Waals surface area (Å²) in [6, 6.07) is 9.61. The number of carbonyl (C=O) groups excluding carboxylic acids is 1. The molecule has 102 valence electrons. The number of hydrogen-bond acceptors (Lipinski definition) is 4. The molecule has 0 N–H and O–H groups in total. The zero-order valence-corrected chi connectivity index (χ0v) is 11.4. The highest BCUT2D eigenvalue weighted by molar-refractivity contribution is 6.30. The number of esters is 1. The predicted molar refractivity (Wildman–Crippen MR) is 75.8 cm³/mol. The molecule has 0 amide bonds. The smallest absolute Gasteiger partial charge is 0.339 e. The number of halogens is 1. The summed E-state index contributed by atoms with van der Waals surface area (Å²) < 4.78 is 9.77. The summed E-state index contributed by atoms with van der Waals surface area (Å²) in [6.07, 6.45) is 2.84. The molecule has 0 aliphatic heterocycles. The van der Waals surface area contributed by atoms with Crippen LogP contribution in [0.2, 0.25) is 5.02 Å². The lowest BCUT2D eigenvalue weighted by Crippen LogP contribution is -2.07. The molecule has 1 aromatic heterocycles. The molecule has 0 bridgehead atoms. The summed E-state index contributed by atoms with van der Waals surface area (Å²) in [5.74, 6) is -0.0615. The molecular weight excluding hydrogens is 280 g/mol. The number of aryl methyl sites for hydroxylation is 1. The van der Waals surface area contributed by atoms with Gasteiger partial charge in [0.1, 0.15) is 11.5 Å². The third-order valence-corrected chi connectivity index (χ3v) is 2.58. The first-order valence-corrected chi connectivity index (χ1v) is 6.18. The van der Waals surface area contributed by atoms with Crippen LogP contribution in [0.3, 0.4) is 0 Å². The van der Waals surface area contributed by atoms with Gasteiger partial charge in [0.15, 0.2) is 0 Å². The van der Waals surface area contributed by atoms with E-state index >= 15 is 0 Å². The monoisotopic (exact) mass is 290 g/mol. The Bertz CT molecular complexity index is 716. The highest BCUT2D eigenvalue weighted by atomic mass is 35.5. The fraction of sp³-hybridized carbons (Fsp3) is 0.0667. The van der Waals surface area contributed by atoms with Gasteiger partial charge in [-0.3, -0.25) is 0 Å². The van der Waals surface area contributed by atoms with Crippen molar-refractivity contribution < 1.29 is 13.9 Å². The maximum atomic E-state index is 11.6. The van der Waals surface area contributed by atoms with E-state index in [0.717, 1.165) is 11.6 Å². The molecular formula is C15H11ClO4. The van der Waals surface area contributed by atoms with E-state index < -0.39 is 11.6 Å². The third kappa shape index (κ3) is 4.10. The van der Waals surface area contributed by atoms with Gasteiger partial charge in [-0.1, -0.05) is 23.7 Å². The van der Waals surface area contributed by atoms with Gasteiger partial charge in [-0.25, -0.2) is 9.59 Å². The largest absolute Gasteiger partial charge is 0.428 e. The first kappa shape index (κ1) is 14.1. The summed E-state index contributed by atoms with van der Waals surface area (Å²) >= 11 is 5.83. The van der Waals surface area contributed by atoms with Crippen molar-refractivity contribution in [3.8, 4) is 5.75 Å². The van der Waals surface area contributed by atoms with Crippen molar-refractivity contribution in [2.75, 3.05) is 0 Å². The molecule has 0 unspecified atom stereocenters. The van der Waals surface area contributed by atoms with Gasteiger partial charge in [0.2, 0.25) is 0 Å². The van der Waals surface area contributed by atoms with Crippen LogP contribution in [0, 0.1) is 6.92 Å². The highest BCUT2D eigenvalue weighted by Gasteiger charge is 2.03. The second kappa shape index (κ2) is 6.21. The first-order valence-electron chi connectivity index (χ1n) is 5.80. The molecule has 20 heavy (non-hydrogen) atoms. The van der Waals surface area contributed by atoms with Gasteiger partial charge in [0.25, 0.3) is 0 Å². The van der Waals surface area contributed by atoms with Gasteiger partial charge in [-0.05, 0) is 30.7 Å². The van der Waals surface area contributed by atoms with Crippen molar-refractivity contribution in [1.29, 1.82) is 0 Å². The normalized spacial score (nSPS) is 10.7. The molecule has 1 heterocycles. The van der Waals surface area contributed by atoms with Gasteiger partial charge in [-0.15, -0.1) is 0 Å². The number of rotatable bonds is 3. The van der Waals surface area contributed by atoms with Crippen molar-refractivity contribution in [3.63, 3.8) is 0 Å². The molecule has 1 aromatic carbocycles. The van der Waals surface area contributed by atoms with E-state index in [1.807, 2.05) is 0 Å². The van der Waals surface area contributed by atoms with Crippen LogP contribution in [-0.4, -0.2) is 5.97 Å². The van der Waals surface area contributed by atoms with Crippen molar-refractivity contribution >= 4 is 23.6 Å². The summed E-state index contributed by atoms with van der Waals surface area (Å²) in [7, 11) is 0. The summed E-state index contributed by atoms with van der Waals surface area (Å²) in [5, 5.41) is 0.580. The number of ether oxygens (including phenoxy) is 1. The second-order valence-electron chi connectivity index (χ2n) is 4.03. The number of benzene rings is 1. The Morgan fingerprint density at radius 1 is 1.30 bits per heavy atom. The topological polar surface area (TPSA) is 56.5 Å². The zero-order chi connectivity index (χ0) is 14.5. The van der Waals surface area contributed by atoms with Crippen LogP contribution < -0.4 is 10.4 Å². The standard InChI is InChI=1S/C15H11ClO4/c1-10-7-13(9-15(18)19-10)20-14(17)6-5-11-3-2-4-12(16)8-11/h2-9H,1H3/b6-5+. The average molecular weight is 291 g/mol. The highest BCUT2D eigenvalue weighted by Crippen LogP contribution is 2.13. The van der Waals surface area contributed by atoms with Crippen LogP contribution >= 0.6 is 11.6 Å². The first-order chi connectivity index (χ1) is 9.52. The Morgan fingerprint density at radius 2 is 2.10 bits per heavy atom. The molecule has 0 saturated carbocycles. The molecule has 0 radical (unpaired) electrons. The van der Waals surface area contributed by atoms with Crippen molar-refractivity contribution in [2.24, 2.45) is 0 Å². The van der Waals surface area contributed by atoms with Gasteiger partial charge >= 0.3 is 11.6 Å². The van der Waals surface area contributed by atoms with Crippen molar-refractivity contribution in [3.05, 3.63) is 69.2 Å². The van der Waals surface area contributed by atoms with Crippen molar-refractivity contribution in [2.45, 2.75) is 6.92 Å². The number of carbonyl (C=O) groups is 1.